The second kappa shape index (κ2) is 4.59. The van der Waals surface area contributed by atoms with Gasteiger partial charge >= 0.3 is 0 Å². The molecule has 1 saturated heterocycles. The molecule has 0 amide bonds. The number of anilines is 1. The highest BCUT2D eigenvalue weighted by Gasteiger charge is 2.19. The van der Waals surface area contributed by atoms with Gasteiger partial charge < -0.3 is 15.7 Å². The van der Waals surface area contributed by atoms with Crippen molar-refractivity contribution in [2.45, 2.75) is 18.9 Å². The van der Waals surface area contributed by atoms with Gasteiger partial charge in [-0.25, -0.2) is 4.98 Å². The Labute approximate surface area is 89.7 Å². The quantitative estimate of drug-likeness (QED) is 0.765. The van der Waals surface area contributed by atoms with Gasteiger partial charge in [0.15, 0.2) is 0 Å². The molecule has 1 unspecified atom stereocenters. The molecule has 4 heteroatoms. The summed E-state index contributed by atoms with van der Waals surface area (Å²) < 4.78 is 0. The predicted octanol–water partition coefficient (Wildman–Crippen LogP) is 0.674. The van der Waals surface area contributed by atoms with Crippen LogP contribution >= 0.6 is 0 Å². The first kappa shape index (κ1) is 10.4. The summed E-state index contributed by atoms with van der Waals surface area (Å²) in [6.45, 7) is 2.05. The van der Waals surface area contributed by atoms with Crippen molar-refractivity contribution in [3.8, 4) is 0 Å². The summed E-state index contributed by atoms with van der Waals surface area (Å²) in [5.41, 5.74) is 6.79. The van der Waals surface area contributed by atoms with E-state index in [1.807, 2.05) is 12.1 Å². The van der Waals surface area contributed by atoms with Gasteiger partial charge in [0.25, 0.3) is 0 Å². The zero-order valence-electron chi connectivity index (χ0n) is 8.76. The van der Waals surface area contributed by atoms with Crippen LogP contribution in [-0.4, -0.2) is 29.8 Å². The molecule has 1 atom stereocenters. The molecule has 2 rings (SSSR count). The maximum Gasteiger partial charge on any atom is 0.133 e. The smallest absolute Gasteiger partial charge is 0.133 e. The van der Waals surface area contributed by atoms with Crippen LogP contribution in [0.5, 0.6) is 0 Å². The average molecular weight is 207 g/mol. The first-order valence-corrected chi connectivity index (χ1v) is 5.39. The minimum Gasteiger partial charge on any atom is -0.394 e. The first-order chi connectivity index (χ1) is 7.33. The van der Waals surface area contributed by atoms with E-state index in [2.05, 4.69) is 9.88 Å². The van der Waals surface area contributed by atoms with Crippen LogP contribution < -0.4 is 10.6 Å². The fourth-order valence-corrected chi connectivity index (χ4v) is 1.99. The van der Waals surface area contributed by atoms with Crippen LogP contribution in [0.2, 0.25) is 0 Å². The van der Waals surface area contributed by atoms with Crippen molar-refractivity contribution in [3.05, 3.63) is 23.9 Å². The molecule has 0 aliphatic carbocycles. The molecule has 1 aromatic heterocycles. The molecular weight excluding hydrogens is 190 g/mol. The van der Waals surface area contributed by atoms with Gasteiger partial charge in [-0.1, -0.05) is 6.07 Å². The van der Waals surface area contributed by atoms with E-state index in [1.54, 1.807) is 6.20 Å². The van der Waals surface area contributed by atoms with Crippen LogP contribution in [0.3, 0.4) is 0 Å². The van der Waals surface area contributed by atoms with Crippen molar-refractivity contribution >= 4 is 5.82 Å². The molecule has 0 bridgehead atoms. The topological polar surface area (TPSA) is 62.4 Å². The highest BCUT2D eigenvalue weighted by Crippen LogP contribution is 2.25. The molecule has 1 fully saturated rings. The van der Waals surface area contributed by atoms with E-state index in [-0.39, 0.29) is 12.6 Å². The Balaban J connectivity index is 2.28. The SMILES string of the molecule is NC(CO)c1cccnc1N1CCCC1. The molecule has 0 aromatic carbocycles. The minimum atomic E-state index is -0.325. The average Bonchev–Trinajstić information content (AvgIpc) is 2.81. The number of aliphatic hydroxyl groups is 1. The van der Waals surface area contributed by atoms with Gasteiger partial charge in [-0.05, 0) is 18.9 Å². The summed E-state index contributed by atoms with van der Waals surface area (Å²) in [5, 5.41) is 9.08. The number of hydrogen-bond donors (Lipinski definition) is 2. The summed E-state index contributed by atoms with van der Waals surface area (Å²) in [6, 6.07) is 3.49. The van der Waals surface area contributed by atoms with E-state index in [1.165, 1.54) is 12.8 Å². The third kappa shape index (κ3) is 2.11. The normalized spacial score (nSPS) is 18.1. The largest absolute Gasteiger partial charge is 0.394 e. The number of aliphatic hydroxyl groups excluding tert-OH is 1. The van der Waals surface area contributed by atoms with Gasteiger partial charge in [-0.15, -0.1) is 0 Å². The van der Waals surface area contributed by atoms with E-state index in [0.29, 0.717) is 0 Å². The van der Waals surface area contributed by atoms with Crippen molar-refractivity contribution in [1.82, 2.24) is 4.98 Å². The van der Waals surface area contributed by atoms with Crippen LogP contribution in [0.15, 0.2) is 18.3 Å². The van der Waals surface area contributed by atoms with Gasteiger partial charge in [0.2, 0.25) is 0 Å². The van der Waals surface area contributed by atoms with E-state index < -0.39 is 0 Å². The third-order valence-electron chi connectivity index (χ3n) is 2.82. The molecule has 0 spiro atoms. The summed E-state index contributed by atoms with van der Waals surface area (Å²) >= 11 is 0. The number of hydrogen-bond acceptors (Lipinski definition) is 4. The summed E-state index contributed by atoms with van der Waals surface area (Å²) in [5.74, 6) is 0.941. The zero-order valence-corrected chi connectivity index (χ0v) is 8.76. The van der Waals surface area contributed by atoms with Crippen molar-refractivity contribution in [3.63, 3.8) is 0 Å². The van der Waals surface area contributed by atoms with Crippen LogP contribution in [0.1, 0.15) is 24.4 Å². The van der Waals surface area contributed by atoms with Gasteiger partial charge in [-0.3, -0.25) is 0 Å². The Morgan fingerprint density at radius 1 is 1.47 bits per heavy atom. The van der Waals surface area contributed by atoms with E-state index in [0.717, 1.165) is 24.5 Å². The Kier molecular flexibility index (Phi) is 3.18. The lowest BCUT2D eigenvalue weighted by molar-refractivity contribution is 0.268. The molecule has 2 heterocycles. The number of nitrogens with two attached hydrogens (primary N) is 1. The van der Waals surface area contributed by atoms with Gasteiger partial charge in [0, 0.05) is 24.8 Å². The molecule has 4 nitrogen and oxygen atoms in total. The third-order valence-corrected chi connectivity index (χ3v) is 2.82. The molecule has 1 aromatic rings. The van der Waals surface area contributed by atoms with Crippen LogP contribution in [-0.2, 0) is 0 Å². The molecular formula is C11H17N3O. The molecule has 82 valence electrons. The molecule has 3 N–H and O–H groups in total. The maximum absolute atomic E-state index is 9.08. The fraction of sp³-hybridized carbons (Fsp3) is 0.545. The predicted molar refractivity (Wildman–Crippen MR) is 59.7 cm³/mol. The highest BCUT2D eigenvalue weighted by molar-refractivity contribution is 5.49. The number of aromatic nitrogens is 1. The van der Waals surface area contributed by atoms with Crippen molar-refractivity contribution in [2.24, 2.45) is 5.73 Å². The maximum atomic E-state index is 9.08. The van der Waals surface area contributed by atoms with E-state index >= 15 is 0 Å². The van der Waals surface area contributed by atoms with Crippen molar-refractivity contribution < 1.29 is 5.11 Å². The van der Waals surface area contributed by atoms with Crippen molar-refractivity contribution in [2.75, 3.05) is 24.6 Å². The second-order valence-electron chi connectivity index (χ2n) is 3.90. The van der Waals surface area contributed by atoms with Crippen LogP contribution in [0.25, 0.3) is 0 Å². The van der Waals surface area contributed by atoms with Crippen molar-refractivity contribution in [1.29, 1.82) is 0 Å². The minimum absolute atomic E-state index is 0.0352. The molecule has 15 heavy (non-hydrogen) atoms. The lowest BCUT2D eigenvalue weighted by Crippen LogP contribution is -2.24. The number of nitrogens with zero attached hydrogens (tertiary/aromatic N) is 2. The monoisotopic (exact) mass is 207 g/mol. The molecule has 0 saturated carbocycles. The summed E-state index contributed by atoms with van der Waals surface area (Å²) in [7, 11) is 0. The molecule has 1 aliphatic heterocycles. The zero-order chi connectivity index (χ0) is 10.7. The number of rotatable bonds is 3. The van der Waals surface area contributed by atoms with Crippen LogP contribution in [0.4, 0.5) is 5.82 Å². The van der Waals surface area contributed by atoms with Gasteiger partial charge in [0.1, 0.15) is 5.82 Å². The molecule has 1 aliphatic rings. The van der Waals surface area contributed by atoms with Gasteiger partial charge in [-0.2, -0.15) is 0 Å². The lowest BCUT2D eigenvalue weighted by Gasteiger charge is -2.21. The standard InChI is InChI=1S/C11H17N3O/c12-10(8-15)9-4-3-5-13-11(9)14-6-1-2-7-14/h3-5,10,15H,1-2,6-8,12H2. The Hall–Kier alpha value is -1.13. The Morgan fingerprint density at radius 2 is 2.20 bits per heavy atom. The highest BCUT2D eigenvalue weighted by atomic mass is 16.3. The first-order valence-electron chi connectivity index (χ1n) is 5.39. The Morgan fingerprint density at radius 3 is 2.87 bits per heavy atom. The molecule has 0 radical (unpaired) electrons. The number of pyridine rings is 1. The lowest BCUT2D eigenvalue weighted by atomic mass is 10.1. The second-order valence-corrected chi connectivity index (χ2v) is 3.90. The van der Waals surface area contributed by atoms with Crippen LogP contribution in [0, 0.1) is 0 Å². The van der Waals surface area contributed by atoms with E-state index in [9.17, 15) is 0 Å². The summed E-state index contributed by atoms with van der Waals surface area (Å²) in [6.07, 6.45) is 4.20. The summed E-state index contributed by atoms with van der Waals surface area (Å²) in [4.78, 5) is 6.61. The van der Waals surface area contributed by atoms with E-state index in [4.69, 9.17) is 10.8 Å². The fourth-order valence-electron chi connectivity index (χ4n) is 1.99. The Bertz CT molecular complexity index is 323. The van der Waals surface area contributed by atoms with Gasteiger partial charge in [0.05, 0.1) is 12.6 Å².